The van der Waals surface area contributed by atoms with Gasteiger partial charge in [0.1, 0.15) is 18.5 Å². The van der Waals surface area contributed by atoms with Crippen molar-refractivity contribution in [2.24, 2.45) is 7.05 Å². The number of benzene rings is 4. The standard InChI is InChI=1S/C64H56BF52Si4.C7H13N2/c1-118(2,29-25-41(66,67)45(74,75)49(82,83)53(90,91)57(98,99)61(106,107)108)37-17-9-33(10-18-37)65(34-11-19-38(20-12-34)119(3,4)30-26-42(68,69)46(76,77)50(84,85)54(92,93)58(100,101)62(109,110)111,35-13-21-39(22-14-35)120(5,6)31-27-43(70,71)47(78,79)51(86,87)55(94,95)59(102,103)63(112,113)114)36-15-23-40(24-16-36)121(7,8)32-28-44(72,73)48(80,81)52(88,89)56(96,97)60(104,105)64(115,116)117;1-3-4-9-6-5-8(2)7-9/h9-24H,25-32H2,1-8H3;5-7H,3-4H2,1-2H3/q-1;+1. The van der Waals surface area contributed by atoms with Crippen LogP contribution in [0.25, 0.3) is 0 Å². The van der Waals surface area contributed by atoms with Gasteiger partial charge in [-0.25, -0.2) is 9.13 Å². The average Bonchev–Trinajstić information content (AvgIpc) is 1.11. The Morgan fingerprint density at radius 3 is 0.523 bits per heavy atom. The number of aryl methyl sites for hydroxylation is 2. The monoisotopic (exact) mass is 2060 g/mol. The highest BCUT2D eigenvalue weighted by atomic mass is 28.3. The van der Waals surface area contributed by atoms with E-state index in [2.05, 4.69) is 34.8 Å². The number of hydrogen-bond donors (Lipinski definition) is 0. The molecule has 0 amide bonds. The summed E-state index contributed by atoms with van der Waals surface area (Å²) in [6.45, 7) is 9.84. The van der Waals surface area contributed by atoms with Crippen molar-refractivity contribution in [3.63, 3.8) is 0 Å². The van der Waals surface area contributed by atoms with E-state index in [1.54, 1.807) is 0 Å². The lowest BCUT2D eigenvalue weighted by Gasteiger charge is -2.45. The third kappa shape index (κ3) is 19.4. The average molecular weight is 2060 g/mol. The predicted molar refractivity (Wildman–Crippen MR) is 375 cm³/mol. The first-order chi connectivity index (χ1) is 57.0. The van der Waals surface area contributed by atoms with Gasteiger partial charge in [-0.15, -0.1) is 0 Å². The highest BCUT2D eigenvalue weighted by Gasteiger charge is 2.95. The van der Waals surface area contributed by atoms with Crippen molar-refractivity contribution >= 4 is 81.0 Å². The predicted octanol–water partition coefficient (Wildman–Crippen LogP) is 24.0. The molecule has 5 rings (SSSR count). The number of rotatable bonds is 38. The summed E-state index contributed by atoms with van der Waals surface area (Å²) in [5.74, 6) is -158. The summed E-state index contributed by atoms with van der Waals surface area (Å²) in [5.41, 5.74) is -2.01. The number of nitrogens with zero attached hydrogens (tertiary/aromatic N) is 2. The van der Waals surface area contributed by atoms with E-state index in [-0.39, 0.29) is 0 Å². The summed E-state index contributed by atoms with van der Waals surface area (Å²) in [6, 6.07) is 5.43. The van der Waals surface area contributed by atoms with Crippen LogP contribution in [0.1, 0.15) is 39.0 Å². The lowest BCUT2D eigenvalue weighted by atomic mass is 9.13. The van der Waals surface area contributed by atoms with E-state index < -0.39 is 274 Å². The van der Waals surface area contributed by atoms with Crippen molar-refractivity contribution in [2.75, 3.05) is 0 Å². The summed E-state index contributed by atoms with van der Waals surface area (Å²) >= 11 is 0. The number of aromatic nitrogens is 2. The number of imidazole rings is 1. The minimum Gasteiger partial charge on any atom is -0.240 e. The topological polar surface area (TPSA) is 8.81 Å². The molecule has 0 bridgehead atoms. The lowest BCUT2D eigenvalue weighted by Crippen LogP contribution is -2.75. The molecular weight excluding hydrogens is 1990 g/mol. The minimum absolute atomic E-state index is 0.483. The van der Waals surface area contributed by atoms with Gasteiger partial charge in [-0.2, -0.15) is 250 Å². The summed E-state index contributed by atoms with van der Waals surface area (Å²) < 4.78 is 741. The van der Waals surface area contributed by atoms with Crippen molar-refractivity contribution in [2.45, 2.75) is 265 Å². The molecule has 0 saturated carbocycles. The first-order valence-electron chi connectivity index (χ1n) is 36.4. The number of alkyl halides is 52. The van der Waals surface area contributed by atoms with Crippen LogP contribution in [0.2, 0.25) is 76.6 Å². The minimum atomic E-state index is -8.39. The van der Waals surface area contributed by atoms with E-state index >= 15 is 35.1 Å². The van der Waals surface area contributed by atoms with Crippen molar-refractivity contribution < 1.29 is 233 Å². The molecule has 4 aromatic carbocycles. The van der Waals surface area contributed by atoms with E-state index in [9.17, 15) is 193 Å². The van der Waals surface area contributed by atoms with Crippen LogP contribution in [0.5, 0.6) is 0 Å². The van der Waals surface area contributed by atoms with Crippen molar-refractivity contribution in [3.8, 4) is 0 Å². The largest absolute Gasteiger partial charge is 0.460 e. The summed E-state index contributed by atoms with van der Waals surface area (Å²) in [4.78, 5) is 0. The van der Waals surface area contributed by atoms with Crippen LogP contribution in [0.15, 0.2) is 116 Å². The van der Waals surface area contributed by atoms with E-state index in [1.165, 1.54) is 6.42 Å². The van der Waals surface area contributed by atoms with Gasteiger partial charge in [-0.3, -0.25) is 0 Å². The van der Waals surface area contributed by atoms with E-state index in [0.717, 1.165) is 156 Å². The molecular formula is C71H69BF52N2Si4. The molecule has 5 aromatic rings. The molecule has 0 atom stereocenters. The van der Waals surface area contributed by atoms with Gasteiger partial charge < -0.3 is 0 Å². The fraction of sp³-hybridized carbons (Fsp3) is 0.620. The SMILES string of the molecule is CCC[n+]1ccn(C)c1.C[Si](C)(CCC(F)(F)C(F)(F)C(F)(F)C(F)(F)C(F)(F)C(F)(F)F)c1ccc([B-](c2ccc([Si](C)(C)CCC(F)(F)C(F)(F)C(F)(F)C(F)(F)C(F)(F)C(F)(F)F)cc2)(c2ccc([Si](C)(C)CCC(F)(F)C(F)(F)C(F)(F)C(F)(F)C(F)(F)C(F)(F)F)cc2)c2ccc([Si](C)(C)CCC(F)(F)C(F)(F)C(F)(F)C(F)(F)C(F)(F)C(F)(F)F)cc2)cc1. The third-order valence-electron chi connectivity index (χ3n) is 22.3. The van der Waals surface area contributed by atoms with E-state index in [0.29, 0.717) is 0 Å². The maximum atomic E-state index is 15.4. The van der Waals surface area contributed by atoms with Gasteiger partial charge >= 0.3 is 143 Å². The van der Waals surface area contributed by atoms with Crippen LogP contribution < -0.4 is 47.2 Å². The first-order valence-corrected chi connectivity index (χ1v) is 49.3. The molecule has 0 spiro atoms. The highest BCUT2D eigenvalue weighted by molar-refractivity contribution is 7.20. The maximum absolute atomic E-state index is 15.4. The second-order valence-corrected chi connectivity index (χ2v) is 52.6. The van der Waals surface area contributed by atoms with Crippen LogP contribution in [-0.4, -0.2) is 186 Å². The molecule has 0 unspecified atom stereocenters. The van der Waals surface area contributed by atoms with Crippen LogP contribution >= 0.6 is 0 Å². The van der Waals surface area contributed by atoms with Gasteiger partial charge in [0.05, 0.1) is 45.9 Å². The quantitative estimate of drug-likeness (QED) is 0.0212. The molecule has 0 aliphatic rings. The van der Waals surface area contributed by atoms with Crippen molar-refractivity contribution in [1.82, 2.24) is 4.57 Å². The molecule has 0 N–H and O–H groups in total. The molecule has 130 heavy (non-hydrogen) atoms. The molecule has 59 heteroatoms. The number of hydrogen-bond acceptors (Lipinski definition) is 0. The molecule has 0 aliphatic heterocycles. The molecule has 2 nitrogen and oxygen atoms in total. The Morgan fingerprint density at radius 2 is 0.392 bits per heavy atom. The zero-order valence-electron chi connectivity index (χ0n) is 67.2. The van der Waals surface area contributed by atoms with E-state index in [4.69, 9.17) is 0 Å². The van der Waals surface area contributed by atoms with Crippen LogP contribution in [0.4, 0.5) is 228 Å². The molecule has 746 valence electrons. The molecule has 1 aromatic heterocycles. The van der Waals surface area contributed by atoms with Crippen LogP contribution in [-0.2, 0) is 13.6 Å². The summed E-state index contributed by atoms with van der Waals surface area (Å²) in [5, 5.41) is -1.93. The second kappa shape index (κ2) is 35.2. The smallest absolute Gasteiger partial charge is 0.240 e. The highest BCUT2D eigenvalue weighted by Crippen LogP contribution is 2.66. The molecule has 1 heterocycles. The Bertz CT molecular complexity index is 4090. The normalized spacial score (nSPS) is 15.6. The summed E-state index contributed by atoms with van der Waals surface area (Å²) in [7, 11) is -15.5. The van der Waals surface area contributed by atoms with E-state index in [1.807, 2.05) is 7.05 Å². The van der Waals surface area contributed by atoms with Crippen molar-refractivity contribution in [1.29, 1.82) is 0 Å². The van der Waals surface area contributed by atoms with Gasteiger partial charge in [-0.05, 0) is 30.6 Å². The Kier molecular flexibility index (Phi) is 31.3. The Hall–Kier alpha value is -6.62. The van der Waals surface area contributed by atoms with Crippen molar-refractivity contribution in [3.05, 3.63) is 116 Å². The molecule has 0 saturated heterocycles. The molecule has 0 radical (unpaired) electrons. The van der Waals surface area contributed by atoms with Gasteiger partial charge in [-0.1, -0.05) is 177 Å². The second-order valence-electron chi connectivity index (χ2n) is 33.2. The van der Waals surface area contributed by atoms with Gasteiger partial charge in [0.25, 0.3) is 0 Å². The zero-order valence-corrected chi connectivity index (χ0v) is 71.2. The fourth-order valence-electron chi connectivity index (χ4n) is 13.2. The van der Waals surface area contributed by atoms with Gasteiger partial charge in [0.2, 0.25) is 6.33 Å². The molecule has 0 aliphatic carbocycles. The third-order valence-corrected chi connectivity index (χ3v) is 35.9. The van der Waals surface area contributed by atoms with Crippen LogP contribution in [0, 0.1) is 0 Å². The number of halogens is 52. The fourth-order valence-corrected chi connectivity index (χ4v) is 22.4. The molecule has 0 fully saturated rings. The Morgan fingerprint density at radius 1 is 0.238 bits per heavy atom. The van der Waals surface area contributed by atoms with Gasteiger partial charge in [0, 0.05) is 25.7 Å². The Balaban J connectivity index is 0.00000368. The summed E-state index contributed by atoms with van der Waals surface area (Å²) in [6.07, 6.45) is -39.2. The lowest BCUT2D eigenvalue weighted by molar-refractivity contribution is -0.696. The Labute approximate surface area is 704 Å². The van der Waals surface area contributed by atoms with Crippen LogP contribution in [0.3, 0.4) is 0 Å². The first kappa shape index (κ1) is 116. The zero-order chi connectivity index (χ0) is 103. The maximum Gasteiger partial charge on any atom is 0.460 e. The van der Waals surface area contributed by atoms with Gasteiger partial charge in [0.15, 0.2) is 0 Å².